The molecule has 5 rings (SSSR count). The Morgan fingerprint density at radius 3 is 2.40 bits per heavy atom. The number of alkyl halides is 3. The van der Waals surface area contributed by atoms with Gasteiger partial charge in [-0.15, -0.1) is 0 Å². The lowest BCUT2D eigenvalue weighted by atomic mass is 9.99. The van der Waals surface area contributed by atoms with Gasteiger partial charge in [0.05, 0.1) is 12.6 Å². The third-order valence-electron chi connectivity index (χ3n) is 6.98. The molecule has 0 aliphatic carbocycles. The Morgan fingerprint density at radius 1 is 1.07 bits per heavy atom. The van der Waals surface area contributed by atoms with Gasteiger partial charge in [-0.1, -0.05) is 31.5 Å². The zero-order valence-electron chi connectivity index (χ0n) is 23.0. The number of nitrogens with zero attached hydrogens (tertiary/aromatic N) is 3. The van der Waals surface area contributed by atoms with Crippen LogP contribution >= 0.6 is 0 Å². The number of aromatic nitrogens is 2. The van der Waals surface area contributed by atoms with Crippen LogP contribution in [0.2, 0.25) is 0 Å². The predicted molar refractivity (Wildman–Crippen MR) is 147 cm³/mol. The van der Waals surface area contributed by atoms with Gasteiger partial charge in [0.1, 0.15) is 28.5 Å². The molecule has 0 saturated carbocycles. The molecule has 8 nitrogen and oxygen atoms in total. The van der Waals surface area contributed by atoms with E-state index in [4.69, 9.17) is 19.6 Å². The van der Waals surface area contributed by atoms with Gasteiger partial charge in [-0.25, -0.2) is 9.37 Å². The van der Waals surface area contributed by atoms with E-state index in [1.165, 1.54) is 23.1 Å². The van der Waals surface area contributed by atoms with E-state index in [0.29, 0.717) is 5.56 Å². The van der Waals surface area contributed by atoms with E-state index < -0.39 is 35.9 Å². The van der Waals surface area contributed by atoms with Gasteiger partial charge in [-0.3, -0.25) is 14.2 Å². The minimum Gasteiger partial charge on any atom is -0.455 e. The van der Waals surface area contributed by atoms with Crippen molar-refractivity contribution in [1.82, 2.24) is 14.5 Å². The average Bonchev–Trinajstić information content (AvgIpc) is 3.55. The molecule has 3 heterocycles. The molecule has 2 aromatic carbocycles. The van der Waals surface area contributed by atoms with Crippen LogP contribution in [0.3, 0.4) is 0 Å². The topological polar surface area (TPSA) is 108 Å². The Kier molecular flexibility index (Phi) is 7.67. The van der Waals surface area contributed by atoms with Gasteiger partial charge in [-0.2, -0.15) is 13.2 Å². The van der Waals surface area contributed by atoms with Crippen LogP contribution < -0.4 is 11.3 Å². The zero-order chi connectivity index (χ0) is 30.3. The Hall–Kier alpha value is -4.45. The number of aryl methyl sites for hydroxylation is 1. The van der Waals surface area contributed by atoms with E-state index in [1.807, 2.05) is 20.8 Å². The van der Waals surface area contributed by atoms with Crippen molar-refractivity contribution in [3.63, 3.8) is 0 Å². The summed E-state index contributed by atoms with van der Waals surface area (Å²) in [5.74, 6) is -2.62. The number of rotatable bonds is 8. The standard InChI is InChI=1S/C30H28F4N4O4/c1-16(2)25(37(13-12-35)28(39)18-6-4-17(3)5-7-18)27-36-24-21-14-19(31)8-10-22(21)42-26(24)29(40)38(27)15-20-9-11-23(41-20)30(32,33)34/h4-11,14,16,25H,12-13,15,35H2,1-3H3. The number of halogens is 4. The Balaban J connectivity index is 1.75. The molecule has 42 heavy (non-hydrogen) atoms. The van der Waals surface area contributed by atoms with Gasteiger partial charge in [-0.05, 0) is 55.3 Å². The largest absolute Gasteiger partial charge is 0.455 e. The first-order valence-electron chi connectivity index (χ1n) is 13.2. The van der Waals surface area contributed by atoms with Crippen LogP contribution in [-0.4, -0.2) is 33.4 Å². The highest BCUT2D eigenvalue weighted by Gasteiger charge is 2.36. The molecule has 12 heteroatoms. The summed E-state index contributed by atoms with van der Waals surface area (Å²) in [4.78, 5) is 34.0. The quantitative estimate of drug-likeness (QED) is 0.223. The lowest BCUT2D eigenvalue weighted by molar-refractivity contribution is -0.153. The van der Waals surface area contributed by atoms with Gasteiger partial charge < -0.3 is 19.5 Å². The summed E-state index contributed by atoms with van der Waals surface area (Å²) in [6, 6.07) is 11.7. The summed E-state index contributed by atoms with van der Waals surface area (Å²) in [5, 5.41) is 0.241. The molecular weight excluding hydrogens is 556 g/mol. The summed E-state index contributed by atoms with van der Waals surface area (Å²) < 4.78 is 66.0. The SMILES string of the molecule is Cc1ccc(C(=O)N(CCN)C(c2nc3c(oc4ccc(F)cc43)c(=O)n2Cc2ccc(C(F)(F)F)o2)C(C)C)cc1. The number of furan rings is 2. The molecule has 1 unspecified atom stereocenters. The monoisotopic (exact) mass is 584 g/mol. The highest BCUT2D eigenvalue weighted by atomic mass is 19.4. The van der Waals surface area contributed by atoms with Crippen molar-refractivity contribution in [3.8, 4) is 0 Å². The van der Waals surface area contributed by atoms with E-state index in [2.05, 4.69) is 0 Å². The van der Waals surface area contributed by atoms with E-state index in [9.17, 15) is 27.2 Å². The van der Waals surface area contributed by atoms with Crippen molar-refractivity contribution in [2.75, 3.05) is 13.1 Å². The average molecular weight is 585 g/mol. The first kappa shape index (κ1) is 29.1. The molecule has 0 fully saturated rings. The van der Waals surface area contributed by atoms with Gasteiger partial charge in [0, 0.05) is 24.0 Å². The van der Waals surface area contributed by atoms with Crippen LogP contribution in [0.1, 0.15) is 53.2 Å². The Bertz CT molecular complexity index is 1820. The number of carbonyl (C=O) groups is 1. The molecule has 5 aromatic rings. The molecule has 2 N–H and O–H groups in total. The highest BCUT2D eigenvalue weighted by Crippen LogP contribution is 2.34. The molecule has 0 aliphatic heterocycles. The third-order valence-corrected chi connectivity index (χ3v) is 6.98. The molecule has 220 valence electrons. The van der Waals surface area contributed by atoms with Crippen molar-refractivity contribution in [2.45, 2.75) is 39.5 Å². The number of nitrogens with two attached hydrogens (primary N) is 1. The fraction of sp³-hybridized carbons (Fsp3) is 0.300. The second-order valence-corrected chi connectivity index (χ2v) is 10.4. The van der Waals surface area contributed by atoms with Gasteiger partial charge in [0.25, 0.3) is 11.5 Å². The number of carbonyl (C=O) groups excluding carboxylic acids is 1. The Morgan fingerprint density at radius 2 is 1.79 bits per heavy atom. The maximum absolute atomic E-state index is 14.2. The van der Waals surface area contributed by atoms with Crippen molar-refractivity contribution >= 4 is 28.0 Å². The first-order valence-corrected chi connectivity index (χ1v) is 13.2. The van der Waals surface area contributed by atoms with E-state index in [0.717, 1.165) is 22.3 Å². The van der Waals surface area contributed by atoms with E-state index in [1.54, 1.807) is 24.3 Å². The summed E-state index contributed by atoms with van der Waals surface area (Å²) in [6.45, 7) is 5.26. The molecule has 0 bridgehead atoms. The lowest BCUT2D eigenvalue weighted by Gasteiger charge is -2.35. The van der Waals surface area contributed by atoms with Gasteiger partial charge in [0.2, 0.25) is 11.3 Å². The maximum Gasteiger partial charge on any atom is 0.449 e. The molecule has 0 aliphatic rings. The number of benzene rings is 2. The van der Waals surface area contributed by atoms with Crippen molar-refractivity contribution in [1.29, 1.82) is 0 Å². The minimum absolute atomic E-state index is 0.0633. The molecular formula is C30H28F4N4O4. The fourth-order valence-electron chi connectivity index (χ4n) is 5.03. The van der Waals surface area contributed by atoms with Crippen LogP contribution in [0.15, 0.2) is 68.2 Å². The van der Waals surface area contributed by atoms with E-state index >= 15 is 0 Å². The molecule has 1 atom stereocenters. The second kappa shape index (κ2) is 11.1. The van der Waals surface area contributed by atoms with Crippen LogP contribution in [0.5, 0.6) is 0 Å². The third kappa shape index (κ3) is 5.41. The van der Waals surface area contributed by atoms with Crippen molar-refractivity contribution < 1.29 is 31.2 Å². The van der Waals surface area contributed by atoms with Crippen LogP contribution in [0, 0.1) is 18.7 Å². The van der Waals surface area contributed by atoms with Crippen molar-refractivity contribution in [3.05, 3.63) is 99.2 Å². The molecule has 0 radical (unpaired) electrons. The number of hydrogen-bond donors (Lipinski definition) is 1. The smallest absolute Gasteiger partial charge is 0.449 e. The summed E-state index contributed by atoms with van der Waals surface area (Å²) in [5.41, 5.74) is 6.59. The molecule has 0 spiro atoms. The first-order chi connectivity index (χ1) is 19.9. The number of fused-ring (bicyclic) bond motifs is 3. The van der Waals surface area contributed by atoms with Crippen LogP contribution in [0.4, 0.5) is 17.6 Å². The summed E-state index contributed by atoms with van der Waals surface area (Å²) in [6.07, 6.45) is -4.73. The van der Waals surface area contributed by atoms with Crippen LogP contribution in [0.25, 0.3) is 22.1 Å². The highest BCUT2D eigenvalue weighted by molar-refractivity contribution is 6.02. The molecule has 0 saturated heterocycles. The Labute approximate surface area is 237 Å². The van der Waals surface area contributed by atoms with Crippen molar-refractivity contribution in [2.24, 2.45) is 11.7 Å². The normalized spacial score (nSPS) is 12.9. The maximum atomic E-state index is 14.2. The predicted octanol–water partition coefficient (Wildman–Crippen LogP) is 6.05. The number of amides is 1. The summed E-state index contributed by atoms with van der Waals surface area (Å²) in [7, 11) is 0. The zero-order valence-corrected chi connectivity index (χ0v) is 23.0. The minimum atomic E-state index is -4.73. The van der Waals surface area contributed by atoms with Crippen LogP contribution in [-0.2, 0) is 12.7 Å². The fourth-order valence-corrected chi connectivity index (χ4v) is 5.03. The lowest BCUT2D eigenvalue weighted by Crippen LogP contribution is -2.43. The molecule has 1 amide bonds. The van der Waals surface area contributed by atoms with E-state index in [-0.39, 0.29) is 58.6 Å². The van der Waals surface area contributed by atoms with Gasteiger partial charge in [0.15, 0.2) is 0 Å². The number of hydrogen-bond acceptors (Lipinski definition) is 6. The second-order valence-electron chi connectivity index (χ2n) is 10.4. The summed E-state index contributed by atoms with van der Waals surface area (Å²) >= 11 is 0. The van der Waals surface area contributed by atoms with Gasteiger partial charge >= 0.3 is 6.18 Å². The molecule has 3 aromatic heterocycles.